The number of aromatic nitrogens is 2. The van der Waals surface area contributed by atoms with Gasteiger partial charge in [0.15, 0.2) is 0 Å². The lowest BCUT2D eigenvalue weighted by atomic mass is 10.1. The van der Waals surface area contributed by atoms with Crippen molar-refractivity contribution in [3.63, 3.8) is 0 Å². The molecular formula is C11H12ClN3. The van der Waals surface area contributed by atoms with Gasteiger partial charge < -0.3 is 5.73 Å². The summed E-state index contributed by atoms with van der Waals surface area (Å²) in [6, 6.07) is 5.44. The standard InChI is InChI=1S/C11H12ClN3/c1-2-15-7-8(6-14-15)10-5-9(12)3-4-11(10)13/h3-7H,2,13H2,1H3. The monoisotopic (exact) mass is 221 g/mol. The van der Waals surface area contributed by atoms with Gasteiger partial charge in [0.2, 0.25) is 0 Å². The number of hydrogen-bond acceptors (Lipinski definition) is 2. The van der Waals surface area contributed by atoms with Crippen LogP contribution in [0.5, 0.6) is 0 Å². The van der Waals surface area contributed by atoms with E-state index in [9.17, 15) is 0 Å². The van der Waals surface area contributed by atoms with E-state index in [4.69, 9.17) is 17.3 Å². The maximum absolute atomic E-state index is 5.92. The average molecular weight is 222 g/mol. The Hall–Kier alpha value is -1.48. The van der Waals surface area contributed by atoms with Crippen molar-refractivity contribution in [1.82, 2.24) is 9.78 Å². The number of anilines is 1. The molecule has 4 heteroatoms. The van der Waals surface area contributed by atoms with Crippen molar-refractivity contribution < 1.29 is 0 Å². The molecule has 0 aliphatic rings. The van der Waals surface area contributed by atoms with Crippen molar-refractivity contribution in [3.8, 4) is 11.1 Å². The third kappa shape index (κ3) is 1.97. The Bertz CT molecular complexity index is 476. The van der Waals surface area contributed by atoms with Gasteiger partial charge in [-0.1, -0.05) is 11.6 Å². The molecule has 78 valence electrons. The smallest absolute Gasteiger partial charge is 0.0569 e. The zero-order chi connectivity index (χ0) is 10.8. The van der Waals surface area contributed by atoms with Crippen LogP contribution >= 0.6 is 11.6 Å². The number of hydrogen-bond donors (Lipinski definition) is 1. The fourth-order valence-electron chi connectivity index (χ4n) is 1.45. The first-order chi connectivity index (χ1) is 7.20. The molecule has 0 aliphatic heterocycles. The summed E-state index contributed by atoms with van der Waals surface area (Å²) in [5.74, 6) is 0. The van der Waals surface area contributed by atoms with E-state index >= 15 is 0 Å². The topological polar surface area (TPSA) is 43.8 Å². The molecule has 3 nitrogen and oxygen atoms in total. The number of nitrogen functional groups attached to an aromatic ring is 1. The third-order valence-corrected chi connectivity index (χ3v) is 2.52. The molecule has 0 unspecified atom stereocenters. The second kappa shape index (κ2) is 3.95. The highest BCUT2D eigenvalue weighted by atomic mass is 35.5. The van der Waals surface area contributed by atoms with Crippen LogP contribution in [0, 0.1) is 0 Å². The molecular weight excluding hydrogens is 210 g/mol. The number of nitrogens with zero attached hydrogens (tertiary/aromatic N) is 2. The number of rotatable bonds is 2. The average Bonchev–Trinajstić information content (AvgIpc) is 2.70. The Balaban J connectivity index is 2.48. The fraction of sp³-hybridized carbons (Fsp3) is 0.182. The number of nitrogens with two attached hydrogens (primary N) is 1. The molecule has 2 aromatic rings. The van der Waals surface area contributed by atoms with Crippen LogP contribution in [0.2, 0.25) is 5.02 Å². The summed E-state index contributed by atoms with van der Waals surface area (Å²) >= 11 is 5.92. The summed E-state index contributed by atoms with van der Waals surface area (Å²) in [7, 11) is 0. The minimum absolute atomic E-state index is 0.684. The Morgan fingerprint density at radius 1 is 1.47 bits per heavy atom. The van der Waals surface area contributed by atoms with Crippen molar-refractivity contribution in [1.29, 1.82) is 0 Å². The van der Waals surface area contributed by atoms with Crippen molar-refractivity contribution in [3.05, 3.63) is 35.6 Å². The first-order valence-electron chi connectivity index (χ1n) is 4.78. The van der Waals surface area contributed by atoms with E-state index in [0.29, 0.717) is 5.02 Å². The summed E-state index contributed by atoms with van der Waals surface area (Å²) in [5.41, 5.74) is 8.52. The van der Waals surface area contributed by atoms with E-state index in [-0.39, 0.29) is 0 Å². The molecule has 0 amide bonds. The van der Waals surface area contributed by atoms with E-state index in [1.54, 1.807) is 18.3 Å². The SMILES string of the molecule is CCn1cc(-c2cc(Cl)ccc2N)cn1. The molecule has 2 N–H and O–H groups in total. The maximum Gasteiger partial charge on any atom is 0.0569 e. The highest BCUT2D eigenvalue weighted by Crippen LogP contribution is 2.28. The molecule has 0 bridgehead atoms. The molecule has 0 radical (unpaired) electrons. The summed E-state index contributed by atoms with van der Waals surface area (Å²) in [5, 5.41) is 4.88. The molecule has 1 aromatic heterocycles. The Morgan fingerprint density at radius 3 is 2.93 bits per heavy atom. The Labute approximate surface area is 93.5 Å². The quantitative estimate of drug-likeness (QED) is 0.793. The lowest BCUT2D eigenvalue weighted by Crippen LogP contribution is -1.92. The summed E-state index contributed by atoms with van der Waals surface area (Å²) < 4.78 is 1.86. The van der Waals surface area contributed by atoms with Crippen molar-refractivity contribution in [2.24, 2.45) is 0 Å². The van der Waals surface area contributed by atoms with E-state index in [1.165, 1.54) is 0 Å². The van der Waals surface area contributed by atoms with Gasteiger partial charge in [-0.05, 0) is 25.1 Å². The van der Waals surface area contributed by atoms with Crippen LogP contribution in [0.1, 0.15) is 6.92 Å². The molecule has 0 spiro atoms. The van der Waals surface area contributed by atoms with Gasteiger partial charge in [0.25, 0.3) is 0 Å². The van der Waals surface area contributed by atoms with Crippen molar-refractivity contribution in [2.45, 2.75) is 13.5 Å². The molecule has 0 saturated heterocycles. The minimum Gasteiger partial charge on any atom is -0.398 e. The van der Waals surface area contributed by atoms with Gasteiger partial charge in [0.1, 0.15) is 0 Å². The van der Waals surface area contributed by atoms with Gasteiger partial charge in [-0.15, -0.1) is 0 Å². The van der Waals surface area contributed by atoms with Crippen LogP contribution in [0.25, 0.3) is 11.1 Å². The first kappa shape index (κ1) is 10.1. The van der Waals surface area contributed by atoms with Crippen LogP contribution in [0.15, 0.2) is 30.6 Å². The summed E-state index contributed by atoms with van der Waals surface area (Å²) in [6.07, 6.45) is 3.76. The van der Waals surface area contributed by atoms with E-state index in [1.807, 2.05) is 23.9 Å². The van der Waals surface area contributed by atoms with Gasteiger partial charge in [-0.3, -0.25) is 4.68 Å². The van der Waals surface area contributed by atoms with Crippen molar-refractivity contribution >= 4 is 17.3 Å². The predicted molar refractivity (Wildman–Crippen MR) is 62.8 cm³/mol. The molecule has 2 rings (SSSR count). The predicted octanol–water partition coefficient (Wildman–Crippen LogP) is 2.81. The fourth-order valence-corrected chi connectivity index (χ4v) is 1.63. The van der Waals surface area contributed by atoms with Crippen LogP contribution in [-0.2, 0) is 6.54 Å². The zero-order valence-corrected chi connectivity index (χ0v) is 9.20. The molecule has 0 atom stereocenters. The second-order valence-corrected chi connectivity index (χ2v) is 3.75. The molecule has 0 saturated carbocycles. The van der Waals surface area contributed by atoms with Gasteiger partial charge in [-0.25, -0.2) is 0 Å². The number of aryl methyl sites for hydroxylation is 1. The first-order valence-corrected chi connectivity index (χ1v) is 5.16. The van der Waals surface area contributed by atoms with Crippen LogP contribution in [0.3, 0.4) is 0 Å². The Morgan fingerprint density at radius 2 is 2.27 bits per heavy atom. The molecule has 15 heavy (non-hydrogen) atoms. The Kier molecular flexibility index (Phi) is 2.64. The third-order valence-electron chi connectivity index (χ3n) is 2.28. The van der Waals surface area contributed by atoms with E-state index in [0.717, 1.165) is 23.4 Å². The van der Waals surface area contributed by atoms with E-state index < -0.39 is 0 Å². The van der Waals surface area contributed by atoms with Crippen LogP contribution in [-0.4, -0.2) is 9.78 Å². The lowest BCUT2D eigenvalue weighted by molar-refractivity contribution is 0.660. The second-order valence-electron chi connectivity index (χ2n) is 3.32. The number of halogens is 1. The largest absolute Gasteiger partial charge is 0.398 e. The highest BCUT2D eigenvalue weighted by Gasteiger charge is 2.05. The highest BCUT2D eigenvalue weighted by molar-refractivity contribution is 6.31. The molecule has 1 heterocycles. The van der Waals surface area contributed by atoms with Gasteiger partial charge in [-0.2, -0.15) is 5.10 Å². The van der Waals surface area contributed by atoms with Gasteiger partial charge in [0, 0.05) is 34.6 Å². The summed E-state index contributed by atoms with van der Waals surface area (Å²) in [4.78, 5) is 0. The normalized spacial score (nSPS) is 10.5. The molecule has 1 aromatic carbocycles. The van der Waals surface area contributed by atoms with Crippen molar-refractivity contribution in [2.75, 3.05) is 5.73 Å². The van der Waals surface area contributed by atoms with Gasteiger partial charge >= 0.3 is 0 Å². The van der Waals surface area contributed by atoms with Crippen LogP contribution in [0.4, 0.5) is 5.69 Å². The lowest BCUT2D eigenvalue weighted by Gasteiger charge is -2.02. The molecule has 0 aliphatic carbocycles. The minimum atomic E-state index is 0.684. The van der Waals surface area contributed by atoms with Crippen LogP contribution < -0.4 is 5.73 Å². The number of benzene rings is 1. The van der Waals surface area contributed by atoms with Gasteiger partial charge in [0.05, 0.1) is 6.20 Å². The molecule has 0 fully saturated rings. The van der Waals surface area contributed by atoms with E-state index in [2.05, 4.69) is 5.10 Å². The zero-order valence-electron chi connectivity index (χ0n) is 8.44. The maximum atomic E-state index is 5.92. The summed E-state index contributed by atoms with van der Waals surface area (Å²) in [6.45, 7) is 2.89.